The summed E-state index contributed by atoms with van der Waals surface area (Å²) in [6.45, 7) is -1.56. The number of aromatic hydroxyl groups is 6. The Balaban J connectivity index is 1.47. The van der Waals surface area contributed by atoms with Crippen LogP contribution in [0.2, 0.25) is 0 Å². The lowest BCUT2D eigenvalue weighted by atomic mass is 9.78. The first-order valence-electron chi connectivity index (χ1n) is 17.7. The largest absolute Gasteiger partial charge is 0.508 e. The predicted octanol–water partition coefficient (Wildman–Crippen LogP) is 0.420. The first-order chi connectivity index (χ1) is 26.7. The molecule has 0 saturated carbocycles. The first kappa shape index (κ1) is 39.3. The van der Waals surface area contributed by atoms with Gasteiger partial charge in [0.1, 0.15) is 95.5 Å². The van der Waals surface area contributed by atoms with Crippen LogP contribution < -0.4 is 0 Å². The van der Waals surface area contributed by atoms with E-state index < -0.39 is 115 Å². The smallest absolute Gasteiger partial charge is 0.129 e. The number of phenols is 6. The maximum atomic E-state index is 12.3. The number of allylic oxidation sites excluding steroid dienone is 1. The number of aliphatic hydroxyl groups is 8. The quantitative estimate of drug-likeness (QED) is 0.121. The van der Waals surface area contributed by atoms with E-state index in [4.69, 9.17) is 9.47 Å². The predicted molar refractivity (Wildman–Crippen MR) is 194 cm³/mol. The van der Waals surface area contributed by atoms with E-state index in [2.05, 4.69) is 0 Å². The second kappa shape index (κ2) is 15.2. The van der Waals surface area contributed by atoms with E-state index in [1.54, 1.807) is 30.3 Å². The van der Waals surface area contributed by atoms with Gasteiger partial charge in [-0.25, -0.2) is 0 Å². The molecule has 4 aromatic rings. The van der Waals surface area contributed by atoms with Crippen LogP contribution in [0.25, 0.3) is 11.6 Å². The maximum absolute atomic E-state index is 12.3. The third-order valence-corrected chi connectivity index (χ3v) is 11.0. The van der Waals surface area contributed by atoms with E-state index in [1.165, 1.54) is 42.5 Å². The van der Waals surface area contributed by atoms with Crippen molar-refractivity contribution in [3.8, 4) is 34.5 Å². The van der Waals surface area contributed by atoms with Crippen LogP contribution in [0.3, 0.4) is 0 Å². The molecule has 0 radical (unpaired) electrons. The Hall–Kier alpha value is -4.98. The number of hydrogen-bond acceptors (Lipinski definition) is 16. The Morgan fingerprint density at radius 3 is 1.45 bits per heavy atom. The lowest BCUT2D eigenvalue weighted by molar-refractivity contribution is -0.232. The number of aliphatic hydroxyl groups excluding tert-OH is 8. The molecule has 2 heterocycles. The molecule has 0 bridgehead atoms. The van der Waals surface area contributed by atoms with Gasteiger partial charge in [-0.2, -0.15) is 0 Å². The zero-order valence-electron chi connectivity index (χ0n) is 29.3. The molecule has 16 nitrogen and oxygen atoms in total. The van der Waals surface area contributed by atoms with E-state index in [0.717, 1.165) is 0 Å². The van der Waals surface area contributed by atoms with Gasteiger partial charge in [0.25, 0.3) is 0 Å². The molecule has 2 fully saturated rings. The third-order valence-electron chi connectivity index (χ3n) is 11.0. The summed E-state index contributed by atoms with van der Waals surface area (Å²) in [6.07, 6.45) is -15.3. The average Bonchev–Trinajstić information content (AvgIpc) is 3.48. The van der Waals surface area contributed by atoms with Gasteiger partial charge in [-0.3, -0.25) is 0 Å². The van der Waals surface area contributed by atoms with Crippen molar-refractivity contribution < 1.29 is 81.0 Å². The number of hydrogen-bond donors (Lipinski definition) is 14. The Morgan fingerprint density at radius 2 is 0.946 bits per heavy atom. The molecule has 298 valence electrons. The second-order valence-corrected chi connectivity index (χ2v) is 14.3. The fraction of sp³-hybridized carbons (Fsp3) is 0.350. The molecule has 16 heteroatoms. The molecule has 0 spiro atoms. The van der Waals surface area contributed by atoms with Gasteiger partial charge in [-0.1, -0.05) is 30.3 Å². The van der Waals surface area contributed by atoms with Gasteiger partial charge < -0.3 is 81.0 Å². The summed E-state index contributed by atoms with van der Waals surface area (Å²) in [7, 11) is 0. The van der Waals surface area contributed by atoms with Gasteiger partial charge in [-0.15, -0.1) is 0 Å². The van der Waals surface area contributed by atoms with Crippen LogP contribution in [0.15, 0.2) is 66.7 Å². The van der Waals surface area contributed by atoms with E-state index in [9.17, 15) is 71.5 Å². The van der Waals surface area contributed by atoms with Crippen molar-refractivity contribution in [2.24, 2.45) is 0 Å². The zero-order chi connectivity index (χ0) is 40.3. The fourth-order valence-corrected chi connectivity index (χ4v) is 8.16. The number of rotatable bonds is 7. The van der Waals surface area contributed by atoms with Gasteiger partial charge in [0, 0.05) is 17.4 Å². The minimum Gasteiger partial charge on any atom is -0.508 e. The molecule has 3 aliphatic rings. The van der Waals surface area contributed by atoms with E-state index in [-0.39, 0.29) is 33.8 Å². The standard InChI is InChI=1S/C40H42O16/c41-13-25-32(48)35(51)37(53)39(55-25)30-22(45)10-17(11-23(30)46)28-27(16-3-7-19(44)8-4-16)20(9-15-1-5-18(43)6-2-15)21-12-24(47)31(34(50)29(21)28)40-38(54)36(52)33(49)26(14-42)56-40/h1-12,25-28,32-33,35-54H,13-14H2/b20-9-/t25-,26-,27+,28-,32-,33-,35+,36+,37-,38-,39+,40+/m1/s1. The monoisotopic (exact) mass is 778 g/mol. The van der Waals surface area contributed by atoms with Crippen LogP contribution in [0.5, 0.6) is 34.5 Å². The van der Waals surface area contributed by atoms with Gasteiger partial charge in [0.05, 0.1) is 24.3 Å². The molecule has 1 aliphatic carbocycles. The van der Waals surface area contributed by atoms with Crippen molar-refractivity contribution >= 4 is 11.6 Å². The number of benzene rings is 4. The maximum Gasteiger partial charge on any atom is 0.129 e. The van der Waals surface area contributed by atoms with Crippen molar-refractivity contribution in [3.63, 3.8) is 0 Å². The van der Waals surface area contributed by atoms with Crippen LogP contribution in [0, 0.1) is 0 Å². The van der Waals surface area contributed by atoms with E-state index in [1.807, 2.05) is 0 Å². The summed E-state index contributed by atoms with van der Waals surface area (Å²) < 4.78 is 11.3. The normalized spacial score (nSPS) is 32.4. The Labute approximate surface area is 318 Å². The van der Waals surface area contributed by atoms with E-state index >= 15 is 0 Å². The van der Waals surface area contributed by atoms with Crippen molar-refractivity contribution in [1.29, 1.82) is 0 Å². The number of fused-ring (bicyclic) bond motifs is 1. The van der Waals surface area contributed by atoms with E-state index in [0.29, 0.717) is 16.7 Å². The zero-order valence-corrected chi connectivity index (χ0v) is 29.3. The van der Waals surface area contributed by atoms with Crippen LogP contribution in [-0.2, 0) is 9.47 Å². The van der Waals surface area contributed by atoms with Gasteiger partial charge in [-0.05, 0) is 70.3 Å². The minimum atomic E-state index is -1.91. The minimum absolute atomic E-state index is 0.0168. The highest BCUT2D eigenvalue weighted by atomic mass is 16.6. The number of ether oxygens (including phenoxy) is 2. The third kappa shape index (κ3) is 6.58. The first-order valence-corrected chi connectivity index (χ1v) is 17.7. The van der Waals surface area contributed by atoms with Gasteiger partial charge in [0.15, 0.2) is 0 Å². The highest BCUT2D eigenvalue weighted by molar-refractivity contribution is 5.93. The van der Waals surface area contributed by atoms with Crippen molar-refractivity contribution in [1.82, 2.24) is 0 Å². The molecule has 0 amide bonds. The van der Waals surface area contributed by atoms with Crippen molar-refractivity contribution in [2.75, 3.05) is 13.2 Å². The Bertz CT molecular complexity index is 2080. The Morgan fingerprint density at radius 1 is 0.482 bits per heavy atom. The van der Waals surface area contributed by atoms with Gasteiger partial charge in [0.2, 0.25) is 0 Å². The molecule has 4 aromatic carbocycles. The second-order valence-electron chi connectivity index (χ2n) is 14.3. The molecular weight excluding hydrogens is 736 g/mol. The summed E-state index contributed by atoms with van der Waals surface area (Å²) in [6, 6.07) is 15.8. The summed E-state index contributed by atoms with van der Waals surface area (Å²) >= 11 is 0. The molecule has 0 unspecified atom stereocenters. The molecule has 14 N–H and O–H groups in total. The van der Waals surface area contributed by atoms with Crippen molar-refractivity contribution in [2.45, 2.75) is 72.9 Å². The summed E-state index contributed by atoms with van der Waals surface area (Å²) in [4.78, 5) is 0. The summed E-state index contributed by atoms with van der Waals surface area (Å²) in [5.74, 6) is -4.60. The molecule has 0 aromatic heterocycles. The summed E-state index contributed by atoms with van der Waals surface area (Å²) in [5, 5.41) is 150. The molecule has 2 saturated heterocycles. The Kier molecular flexibility index (Phi) is 10.6. The van der Waals surface area contributed by atoms with Crippen LogP contribution in [-0.4, -0.2) is 134 Å². The van der Waals surface area contributed by atoms with Crippen LogP contribution in [0.4, 0.5) is 0 Å². The lowest BCUT2D eigenvalue weighted by Gasteiger charge is -2.40. The fourth-order valence-electron chi connectivity index (χ4n) is 8.16. The average molecular weight is 779 g/mol. The highest BCUT2D eigenvalue weighted by Gasteiger charge is 2.50. The molecule has 56 heavy (non-hydrogen) atoms. The molecular formula is C40H42O16. The lowest BCUT2D eigenvalue weighted by Crippen LogP contribution is -2.55. The number of phenolic OH excluding ortho intramolecular Hbond substituents is 6. The highest BCUT2D eigenvalue weighted by Crippen LogP contribution is 2.61. The molecule has 2 aliphatic heterocycles. The SMILES string of the molecule is OC[C@H]1O[C@@H](c2c(O)cc([C@H]3c4c(cc(O)c([C@@H]5O[C@H](CO)[C@@H](O)[C@H](O)[C@H]5O)c4O)/C(=C/c4ccc(O)cc4)[C@@H]3c3ccc(O)cc3)cc2O)[C@H](O)[C@@H](O)[C@@H]1O. The van der Waals surface area contributed by atoms with Gasteiger partial charge >= 0.3 is 0 Å². The topological polar surface area (TPSA) is 302 Å². The molecule has 7 rings (SSSR count). The van der Waals surface area contributed by atoms with Crippen molar-refractivity contribution in [3.05, 3.63) is 106 Å². The van der Waals surface area contributed by atoms with Crippen LogP contribution in [0.1, 0.15) is 63.0 Å². The molecule has 12 atom stereocenters. The van der Waals surface area contributed by atoms with Crippen LogP contribution >= 0.6 is 0 Å². The summed E-state index contributed by atoms with van der Waals surface area (Å²) in [5.41, 5.74) is 1.17.